The minimum atomic E-state index is -3.79. The third-order valence-corrected chi connectivity index (χ3v) is 7.71. The molecule has 0 spiro atoms. The zero-order chi connectivity index (χ0) is 22.0. The van der Waals surface area contributed by atoms with Crippen molar-refractivity contribution in [1.29, 1.82) is 0 Å². The number of nitrogens with zero attached hydrogens (tertiary/aromatic N) is 2. The van der Waals surface area contributed by atoms with Crippen molar-refractivity contribution in [3.8, 4) is 11.5 Å². The fraction of sp³-hybridized carbons (Fsp3) is 0.381. The molecule has 0 bridgehead atoms. The van der Waals surface area contributed by atoms with Gasteiger partial charge in [-0.3, -0.25) is 4.79 Å². The van der Waals surface area contributed by atoms with Crippen LogP contribution in [0.1, 0.15) is 10.4 Å². The van der Waals surface area contributed by atoms with Gasteiger partial charge in [-0.15, -0.1) is 0 Å². The first kappa shape index (κ1) is 21.9. The van der Waals surface area contributed by atoms with Crippen LogP contribution in [0.4, 0.5) is 0 Å². The highest BCUT2D eigenvalue weighted by Crippen LogP contribution is 2.31. The molecule has 1 saturated heterocycles. The molecular formula is C21H24ClN3O5S. The smallest absolute Gasteiger partial charge is 0.251 e. The Morgan fingerprint density at radius 2 is 1.84 bits per heavy atom. The molecule has 0 saturated carbocycles. The van der Waals surface area contributed by atoms with E-state index < -0.39 is 15.9 Å². The quantitative estimate of drug-likeness (QED) is 0.725. The number of nitrogens with one attached hydrogen (secondary N) is 1. The van der Waals surface area contributed by atoms with E-state index in [4.69, 9.17) is 21.1 Å². The normalized spacial score (nSPS) is 19.7. The molecular weight excluding hydrogens is 442 g/mol. The van der Waals surface area contributed by atoms with Gasteiger partial charge in [0.25, 0.3) is 5.91 Å². The number of amides is 1. The second-order valence-corrected chi connectivity index (χ2v) is 9.87. The van der Waals surface area contributed by atoms with E-state index in [2.05, 4.69) is 10.2 Å². The SMILES string of the molecule is CN1CCN(S(=O)(=O)c2cc(C(=O)NC[C@H]3COc4ccccc4O3)ccc2Cl)CC1. The maximum Gasteiger partial charge on any atom is 0.251 e. The molecule has 0 aromatic heterocycles. The number of rotatable bonds is 5. The van der Waals surface area contributed by atoms with Gasteiger partial charge < -0.3 is 19.7 Å². The molecule has 166 valence electrons. The lowest BCUT2D eigenvalue weighted by molar-refractivity contribution is 0.0789. The van der Waals surface area contributed by atoms with Crippen molar-refractivity contribution in [2.45, 2.75) is 11.0 Å². The largest absolute Gasteiger partial charge is 0.486 e. The van der Waals surface area contributed by atoms with E-state index >= 15 is 0 Å². The lowest BCUT2D eigenvalue weighted by Gasteiger charge is -2.31. The van der Waals surface area contributed by atoms with Crippen molar-refractivity contribution in [3.05, 3.63) is 53.1 Å². The van der Waals surface area contributed by atoms with Gasteiger partial charge in [0, 0.05) is 31.7 Å². The second-order valence-electron chi connectivity index (χ2n) is 7.56. The first-order valence-corrected chi connectivity index (χ1v) is 11.8. The highest BCUT2D eigenvalue weighted by atomic mass is 35.5. The van der Waals surface area contributed by atoms with E-state index in [1.807, 2.05) is 25.2 Å². The molecule has 31 heavy (non-hydrogen) atoms. The summed E-state index contributed by atoms with van der Waals surface area (Å²) in [7, 11) is -1.84. The Hall–Kier alpha value is -2.33. The number of hydrogen-bond donors (Lipinski definition) is 1. The fourth-order valence-electron chi connectivity index (χ4n) is 3.48. The summed E-state index contributed by atoms with van der Waals surface area (Å²) >= 11 is 6.20. The minimum absolute atomic E-state index is 0.0578. The van der Waals surface area contributed by atoms with Crippen LogP contribution in [-0.4, -0.2) is 76.0 Å². The Balaban J connectivity index is 1.43. The Labute approximate surface area is 186 Å². The monoisotopic (exact) mass is 465 g/mol. The van der Waals surface area contributed by atoms with Crippen LogP contribution in [0.3, 0.4) is 0 Å². The van der Waals surface area contributed by atoms with Crippen LogP contribution < -0.4 is 14.8 Å². The van der Waals surface area contributed by atoms with Gasteiger partial charge >= 0.3 is 0 Å². The van der Waals surface area contributed by atoms with E-state index in [0.717, 1.165) is 0 Å². The number of sulfonamides is 1. The highest BCUT2D eigenvalue weighted by Gasteiger charge is 2.30. The molecule has 0 unspecified atom stereocenters. The van der Waals surface area contributed by atoms with Gasteiger partial charge in [0.15, 0.2) is 11.5 Å². The van der Waals surface area contributed by atoms with Crippen LogP contribution >= 0.6 is 11.6 Å². The predicted octanol–water partition coefficient (Wildman–Crippen LogP) is 1.85. The number of carbonyl (C=O) groups excluding carboxylic acids is 1. The number of likely N-dealkylation sites (N-methyl/N-ethyl adjacent to an activating group) is 1. The molecule has 1 atom stereocenters. The summed E-state index contributed by atoms with van der Waals surface area (Å²) in [5.74, 6) is 0.885. The van der Waals surface area contributed by atoms with Crippen molar-refractivity contribution >= 4 is 27.5 Å². The Bertz CT molecular complexity index is 1070. The predicted molar refractivity (Wildman–Crippen MR) is 116 cm³/mol. The Morgan fingerprint density at radius 3 is 2.58 bits per heavy atom. The van der Waals surface area contributed by atoms with E-state index in [9.17, 15) is 13.2 Å². The summed E-state index contributed by atoms with van der Waals surface area (Å²) in [4.78, 5) is 14.7. The van der Waals surface area contributed by atoms with E-state index in [1.165, 1.54) is 22.5 Å². The van der Waals surface area contributed by atoms with Gasteiger partial charge in [0.1, 0.15) is 17.6 Å². The lowest BCUT2D eigenvalue weighted by atomic mass is 10.2. The third kappa shape index (κ3) is 4.79. The van der Waals surface area contributed by atoms with Crippen molar-refractivity contribution < 1.29 is 22.7 Å². The summed E-state index contributed by atoms with van der Waals surface area (Å²) in [6.07, 6.45) is -0.348. The van der Waals surface area contributed by atoms with Crippen LogP contribution in [-0.2, 0) is 10.0 Å². The van der Waals surface area contributed by atoms with Crippen LogP contribution in [0.5, 0.6) is 11.5 Å². The van der Waals surface area contributed by atoms with Gasteiger partial charge in [-0.05, 0) is 37.4 Å². The van der Waals surface area contributed by atoms with Gasteiger partial charge in [0.05, 0.1) is 11.6 Å². The number of carbonyl (C=O) groups is 1. The van der Waals surface area contributed by atoms with Crippen LogP contribution in [0.2, 0.25) is 5.02 Å². The number of para-hydroxylation sites is 2. The molecule has 1 amide bonds. The van der Waals surface area contributed by atoms with E-state index in [1.54, 1.807) is 6.07 Å². The van der Waals surface area contributed by atoms with Crippen molar-refractivity contribution in [2.75, 3.05) is 46.4 Å². The molecule has 2 heterocycles. The standard InChI is InChI=1S/C21H24ClN3O5S/c1-24-8-10-25(11-9-24)31(27,28)20-12-15(6-7-17(20)22)21(26)23-13-16-14-29-18-4-2-3-5-19(18)30-16/h2-7,12,16H,8-11,13-14H2,1H3,(H,23,26)/t16-/m0/s1. The van der Waals surface area contributed by atoms with Crippen molar-refractivity contribution in [1.82, 2.24) is 14.5 Å². The number of piperazine rings is 1. The number of benzene rings is 2. The molecule has 2 aromatic rings. The summed E-state index contributed by atoms with van der Waals surface area (Å²) in [6.45, 7) is 2.57. The van der Waals surface area contributed by atoms with Crippen LogP contribution in [0.15, 0.2) is 47.4 Å². The maximum atomic E-state index is 13.1. The highest BCUT2D eigenvalue weighted by molar-refractivity contribution is 7.89. The van der Waals surface area contributed by atoms with Gasteiger partial charge in [-0.1, -0.05) is 23.7 Å². The van der Waals surface area contributed by atoms with Gasteiger partial charge in [-0.25, -0.2) is 8.42 Å². The lowest BCUT2D eigenvalue weighted by Crippen LogP contribution is -2.47. The number of halogens is 1. The molecule has 4 rings (SSSR count). The first-order valence-electron chi connectivity index (χ1n) is 9.99. The molecule has 1 fully saturated rings. The molecule has 2 aromatic carbocycles. The average molecular weight is 466 g/mol. The molecule has 2 aliphatic heterocycles. The number of hydrogen-bond acceptors (Lipinski definition) is 6. The maximum absolute atomic E-state index is 13.1. The summed E-state index contributed by atoms with van der Waals surface area (Å²) in [5.41, 5.74) is 0.217. The van der Waals surface area contributed by atoms with Gasteiger partial charge in [-0.2, -0.15) is 4.31 Å². The molecule has 1 N–H and O–H groups in total. The summed E-state index contributed by atoms with van der Waals surface area (Å²) in [6, 6.07) is 11.6. The van der Waals surface area contributed by atoms with Crippen molar-refractivity contribution in [3.63, 3.8) is 0 Å². The molecule has 10 heteroatoms. The Kier molecular flexibility index (Phi) is 6.38. The molecule has 0 aliphatic carbocycles. The van der Waals surface area contributed by atoms with Gasteiger partial charge in [0.2, 0.25) is 10.0 Å². The number of ether oxygens (including phenoxy) is 2. The third-order valence-electron chi connectivity index (χ3n) is 5.33. The molecule has 0 radical (unpaired) electrons. The minimum Gasteiger partial charge on any atom is -0.486 e. The first-order chi connectivity index (χ1) is 14.8. The van der Waals surface area contributed by atoms with Crippen LogP contribution in [0.25, 0.3) is 0 Å². The zero-order valence-corrected chi connectivity index (χ0v) is 18.7. The Morgan fingerprint density at radius 1 is 1.13 bits per heavy atom. The van der Waals surface area contributed by atoms with Crippen LogP contribution in [0, 0.1) is 0 Å². The van der Waals surface area contributed by atoms with Crippen molar-refractivity contribution in [2.24, 2.45) is 0 Å². The zero-order valence-electron chi connectivity index (χ0n) is 17.1. The molecule has 8 nitrogen and oxygen atoms in total. The number of fused-ring (bicyclic) bond motifs is 1. The second kappa shape index (κ2) is 9.04. The fourth-order valence-corrected chi connectivity index (χ4v) is 5.40. The summed E-state index contributed by atoms with van der Waals surface area (Å²) < 4.78 is 39.0. The molecule has 2 aliphatic rings. The average Bonchev–Trinajstić information content (AvgIpc) is 2.77. The van der Waals surface area contributed by atoms with E-state index in [0.29, 0.717) is 44.3 Å². The topological polar surface area (TPSA) is 88.2 Å². The summed E-state index contributed by atoms with van der Waals surface area (Å²) in [5, 5.41) is 2.87. The van der Waals surface area contributed by atoms with E-state index in [-0.39, 0.29) is 28.1 Å².